The van der Waals surface area contributed by atoms with Crippen LogP contribution in [-0.4, -0.2) is 16.5 Å². The molecule has 2 aromatic rings. The number of aromatic nitrogens is 2. The average molecular weight is 282 g/mol. The van der Waals surface area contributed by atoms with Crippen molar-refractivity contribution in [2.45, 2.75) is 13.1 Å². The van der Waals surface area contributed by atoms with Crippen LogP contribution in [0.25, 0.3) is 0 Å². The van der Waals surface area contributed by atoms with Gasteiger partial charge in [0.15, 0.2) is 0 Å². The minimum Gasteiger partial charge on any atom is -0.354 e. The molecule has 0 aliphatic heterocycles. The van der Waals surface area contributed by atoms with E-state index in [9.17, 15) is 13.2 Å². The molecule has 1 aromatic carbocycles. The molecule has 106 valence electrons. The molecule has 0 atom stereocenters. The molecule has 0 saturated heterocycles. The van der Waals surface area contributed by atoms with Crippen LogP contribution in [0.1, 0.15) is 12.5 Å². The fourth-order valence-corrected chi connectivity index (χ4v) is 1.65. The van der Waals surface area contributed by atoms with Crippen molar-refractivity contribution in [3.8, 4) is 0 Å². The van der Waals surface area contributed by atoms with Gasteiger partial charge in [-0.1, -0.05) is 12.1 Å². The molecule has 4 nitrogen and oxygen atoms in total. The quantitative estimate of drug-likeness (QED) is 0.898. The smallest absolute Gasteiger partial charge is 0.354 e. The molecule has 0 bridgehead atoms. The predicted molar refractivity (Wildman–Crippen MR) is 70.9 cm³/mol. The Labute approximate surface area is 114 Å². The highest BCUT2D eigenvalue weighted by atomic mass is 19.4. The first-order valence-electron chi connectivity index (χ1n) is 6.01. The lowest BCUT2D eigenvalue weighted by atomic mass is 10.1. The minimum absolute atomic E-state index is 0.0406. The Balaban J connectivity index is 2.28. The largest absolute Gasteiger partial charge is 0.418 e. The number of anilines is 3. The number of benzene rings is 1. The highest BCUT2D eigenvalue weighted by Gasteiger charge is 2.33. The lowest BCUT2D eigenvalue weighted by Gasteiger charge is -2.14. The Hall–Kier alpha value is -2.31. The predicted octanol–water partition coefficient (Wildman–Crippen LogP) is 3.67. The Bertz CT molecular complexity index is 584. The van der Waals surface area contributed by atoms with Crippen LogP contribution < -0.4 is 10.6 Å². The SMILES string of the molecule is CCNc1nccc(Nc2ccccc2C(F)(F)F)n1. The van der Waals surface area contributed by atoms with Crippen molar-refractivity contribution in [2.75, 3.05) is 17.2 Å². The molecule has 0 fully saturated rings. The summed E-state index contributed by atoms with van der Waals surface area (Å²) in [5, 5.41) is 5.56. The maximum atomic E-state index is 12.9. The second kappa shape index (κ2) is 5.77. The van der Waals surface area contributed by atoms with Gasteiger partial charge in [-0.15, -0.1) is 0 Å². The van der Waals surface area contributed by atoms with Gasteiger partial charge in [0.1, 0.15) is 5.82 Å². The zero-order valence-electron chi connectivity index (χ0n) is 10.7. The first-order chi connectivity index (χ1) is 9.50. The Morgan fingerprint density at radius 2 is 1.90 bits per heavy atom. The van der Waals surface area contributed by atoms with Gasteiger partial charge in [0, 0.05) is 12.7 Å². The summed E-state index contributed by atoms with van der Waals surface area (Å²) in [4.78, 5) is 8.04. The maximum Gasteiger partial charge on any atom is 0.418 e. The van der Waals surface area contributed by atoms with Crippen molar-refractivity contribution >= 4 is 17.5 Å². The number of rotatable bonds is 4. The average Bonchev–Trinajstić information content (AvgIpc) is 2.39. The van der Waals surface area contributed by atoms with Crippen molar-refractivity contribution < 1.29 is 13.2 Å². The van der Waals surface area contributed by atoms with Crippen molar-refractivity contribution in [3.63, 3.8) is 0 Å². The van der Waals surface area contributed by atoms with E-state index in [1.807, 2.05) is 6.92 Å². The standard InChI is InChI=1S/C13H13F3N4/c1-2-17-12-18-8-7-11(20-12)19-10-6-4-3-5-9(10)13(14,15)16/h3-8H,2H2,1H3,(H2,17,18,19,20). The van der Waals surface area contributed by atoms with E-state index in [1.54, 1.807) is 0 Å². The highest BCUT2D eigenvalue weighted by Crippen LogP contribution is 2.35. The van der Waals surface area contributed by atoms with E-state index in [0.717, 1.165) is 6.07 Å². The summed E-state index contributed by atoms with van der Waals surface area (Å²) < 4.78 is 38.6. The van der Waals surface area contributed by atoms with Gasteiger partial charge in [-0.05, 0) is 25.1 Å². The summed E-state index contributed by atoms with van der Waals surface area (Å²) in [7, 11) is 0. The van der Waals surface area contributed by atoms with Gasteiger partial charge in [0.25, 0.3) is 0 Å². The van der Waals surface area contributed by atoms with Gasteiger partial charge in [-0.3, -0.25) is 0 Å². The summed E-state index contributed by atoms with van der Waals surface area (Å²) in [6, 6.07) is 6.77. The van der Waals surface area contributed by atoms with Gasteiger partial charge in [0.05, 0.1) is 11.3 Å². The van der Waals surface area contributed by atoms with Crippen LogP contribution in [0.15, 0.2) is 36.5 Å². The Kier molecular flexibility index (Phi) is 4.07. The Morgan fingerprint density at radius 1 is 1.15 bits per heavy atom. The van der Waals surface area contributed by atoms with Gasteiger partial charge in [-0.2, -0.15) is 18.2 Å². The van der Waals surface area contributed by atoms with Gasteiger partial charge >= 0.3 is 6.18 Å². The number of nitrogens with zero attached hydrogens (tertiary/aromatic N) is 2. The third-order valence-corrected chi connectivity index (χ3v) is 2.49. The van der Waals surface area contributed by atoms with Crippen LogP contribution >= 0.6 is 0 Å². The first kappa shape index (κ1) is 14.1. The second-order valence-corrected chi connectivity index (χ2v) is 3.96. The molecule has 1 aromatic heterocycles. The first-order valence-corrected chi connectivity index (χ1v) is 6.01. The number of hydrogen-bond acceptors (Lipinski definition) is 4. The van der Waals surface area contributed by atoms with Gasteiger partial charge in [0.2, 0.25) is 5.95 Å². The van der Waals surface area contributed by atoms with Crippen LogP contribution in [0, 0.1) is 0 Å². The number of nitrogens with one attached hydrogen (secondary N) is 2. The maximum absolute atomic E-state index is 12.9. The highest BCUT2D eigenvalue weighted by molar-refractivity contribution is 5.61. The molecule has 1 heterocycles. The third kappa shape index (κ3) is 3.37. The van der Waals surface area contributed by atoms with Crippen LogP contribution in [-0.2, 0) is 6.18 Å². The second-order valence-electron chi connectivity index (χ2n) is 3.96. The number of alkyl halides is 3. The molecule has 20 heavy (non-hydrogen) atoms. The normalized spacial score (nSPS) is 11.2. The molecule has 0 amide bonds. The van der Waals surface area contributed by atoms with E-state index < -0.39 is 11.7 Å². The van der Waals surface area contributed by atoms with E-state index >= 15 is 0 Å². The van der Waals surface area contributed by atoms with Crippen LogP contribution in [0.2, 0.25) is 0 Å². The lowest BCUT2D eigenvalue weighted by molar-refractivity contribution is -0.136. The number of hydrogen-bond donors (Lipinski definition) is 2. The summed E-state index contributed by atoms with van der Waals surface area (Å²) in [6.07, 6.45) is -2.94. The van der Waals surface area contributed by atoms with E-state index in [1.165, 1.54) is 30.5 Å². The fraction of sp³-hybridized carbons (Fsp3) is 0.231. The molecule has 0 aliphatic carbocycles. The molecule has 0 saturated carbocycles. The molecule has 0 aliphatic rings. The summed E-state index contributed by atoms with van der Waals surface area (Å²) >= 11 is 0. The van der Waals surface area contributed by atoms with Crippen LogP contribution in [0.4, 0.5) is 30.6 Å². The summed E-state index contributed by atoms with van der Waals surface area (Å²) in [6.45, 7) is 2.50. The number of halogens is 3. The Morgan fingerprint density at radius 3 is 2.60 bits per heavy atom. The topological polar surface area (TPSA) is 49.8 Å². The van der Waals surface area contributed by atoms with Crippen molar-refractivity contribution in [1.82, 2.24) is 9.97 Å². The molecule has 2 rings (SSSR count). The molecule has 0 spiro atoms. The monoisotopic (exact) mass is 282 g/mol. The molecule has 2 N–H and O–H groups in total. The van der Waals surface area contributed by atoms with Crippen molar-refractivity contribution in [1.29, 1.82) is 0 Å². The van der Waals surface area contributed by atoms with E-state index in [2.05, 4.69) is 20.6 Å². The third-order valence-electron chi connectivity index (χ3n) is 2.49. The zero-order valence-corrected chi connectivity index (χ0v) is 10.7. The number of para-hydroxylation sites is 1. The van der Waals surface area contributed by atoms with Crippen molar-refractivity contribution in [3.05, 3.63) is 42.1 Å². The van der Waals surface area contributed by atoms with E-state index in [-0.39, 0.29) is 5.69 Å². The van der Waals surface area contributed by atoms with Crippen LogP contribution in [0.3, 0.4) is 0 Å². The fourth-order valence-electron chi connectivity index (χ4n) is 1.65. The van der Waals surface area contributed by atoms with Crippen LogP contribution in [0.5, 0.6) is 0 Å². The minimum atomic E-state index is -4.42. The molecule has 0 unspecified atom stereocenters. The van der Waals surface area contributed by atoms with E-state index in [0.29, 0.717) is 18.3 Å². The van der Waals surface area contributed by atoms with Gasteiger partial charge < -0.3 is 10.6 Å². The molecule has 7 heteroatoms. The summed E-state index contributed by atoms with van der Waals surface area (Å²) in [5.74, 6) is 0.662. The molecular weight excluding hydrogens is 269 g/mol. The lowest BCUT2D eigenvalue weighted by Crippen LogP contribution is -2.09. The zero-order chi connectivity index (χ0) is 14.6. The molecule has 0 radical (unpaired) electrons. The van der Waals surface area contributed by atoms with Gasteiger partial charge in [-0.25, -0.2) is 4.98 Å². The molecular formula is C13H13F3N4. The summed E-state index contributed by atoms with van der Waals surface area (Å²) in [5.41, 5.74) is -0.773. The van der Waals surface area contributed by atoms with Crippen molar-refractivity contribution in [2.24, 2.45) is 0 Å². The van der Waals surface area contributed by atoms with E-state index in [4.69, 9.17) is 0 Å².